The minimum atomic E-state index is -3.54. The van der Waals surface area contributed by atoms with Crippen LogP contribution < -0.4 is 0 Å². The Morgan fingerprint density at radius 1 is 0.714 bits per heavy atom. The maximum absolute atomic E-state index is 6.85. The summed E-state index contributed by atoms with van der Waals surface area (Å²) in [6, 6.07) is 15.6. The van der Waals surface area contributed by atoms with Crippen molar-refractivity contribution in [3.8, 4) is 0 Å². The summed E-state index contributed by atoms with van der Waals surface area (Å²) in [5, 5.41) is 2.19. The predicted molar refractivity (Wildman–Crippen MR) is 159 cm³/mol. The van der Waals surface area contributed by atoms with Crippen LogP contribution >= 0.6 is 11.3 Å². The molecule has 1 aliphatic heterocycles. The molecular formula is C30H47BO2SSn. The zero-order valence-corrected chi connectivity index (χ0v) is 28.1. The summed E-state index contributed by atoms with van der Waals surface area (Å²) in [5.74, 6) is 0. The van der Waals surface area contributed by atoms with Crippen molar-refractivity contribution in [3.05, 3.63) is 58.3 Å². The average Bonchev–Trinajstić information content (AvgIpc) is 3.25. The number of benzene rings is 1. The summed E-state index contributed by atoms with van der Waals surface area (Å²) in [4.78, 5) is 1.26. The van der Waals surface area contributed by atoms with Crippen LogP contribution in [0.2, 0.25) is 10.3 Å². The first-order chi connectivity index (χ1) is 15.8. The fourth-order valence-electron chi connectivity index (χ4n) is 7.43. The van der Waals surface area contributed by atoms with Gasteiger partial charge in [0.15, 0.2) is 0 Å². The fraction of sp³-hybridized carbons (Fsp3) is 0.600. The topological polar surface area (TPSA) is 18.5 Å². The Labute approximate surface area is 223 Å². The Morgan fingerprint density at radius 3 is 1.54 bits per heavy atom. The van der Waals surface area contributed by atoms with Gasteiger partial charge in [-0.25, -0.2) is 0 Å². The Morgan fingerprint density at radius 2 is 1.17 bits per heavy atom. The molecule has 0 saturated carbocycles. The Kier molecular flexibility index (Phi) is 7.73. The van der Waals surface area contributed by atoms with E-state index in [9.17, 15) is 0 Å². The van der Waals surface area contributed by atoms with Gasteiger partial charge in [0.1, 0.15) is 0 Å². The third-order valence-corrected chi connectivity index (χ3v) is 32.3. The molecule has 35 heavy (non-hydrogen) atoms. The van der Waals surface area contributed by atoms with Gasteiger partial charge >= 0.3 is 225 Å². The van der Waals surface area contributed by atoms with Gasteiger partial charge in [-0.2, -0.15) is 0 Å². The number of hydrogen-bond acceptors (Lipinski definition) is 3. The van der Waals surface area contributed by atoms with Crippen LogP contribution in [0, 0.1) is 0 Å². The SMILES string of the molecule is CC1(C)OB(/C(=[C](/c2ccccc2)[Sn]([C](C)(C)C)([C](C)(C)C)[C](C)(C)C)c2cccs2)OC1(C)C. The summed E-state index contributed by atoms with van der Waals surface area (Å²) in [6.45, 7) is 31.1. The van der Waals surface area contributed by atoms with Gasteiger partial charge in [0, 0.05) is 0 Å². The Bertz CT molecular complexity index is 996. The molecule has 3 rings (SSSR count). The van der Waals surface area contributed by atoms with Gasteiger partial charge in [-0.1, -0.05) is 0 Å². The second-order valence-electron chi connectivity index (χ2n) is 14.2. The molecule has 0 amide bonds. The molecule has 192 valence electrons. The van der Waals surface area contributed by atoms with Gasteiger partial charge < -0.3 is 0 Å². The van der Waals surface area contributed by atoms with Crippen molar-refractivity contribution in [1.29, 1.82) is 0 Å². The van der Waals surface area contributed by atoms with Crippen LogP contribution in [0.4, 0.5) is 0 Å². The van der Waals surface area contributed by atoms with Crippen LogP contribution in [-0.4, -0.2) is 36.7 Å². The first-order valence-corrected chi connectivity index (χ1v) is 19.6. The van der Waals surface area contributed by atoms with E-state index in [4.69, 9.17) is 9.31 Å². The van der Waals surface area contributed by atoms with E-state index >= 15 is 0 Å². The Hall–Kier alpha value is -0.556. The third-order valence-electron chi connectivity index (χ3n) is 8.36. The molecule has 5 heteroatoms. The van der Waals surface area contributed by atoms with Crippen molar-refractivity contribution in [3.63, 3.8) is 0 Å². The molecule has 1 aromatic carbocycles. The van der Waals surface area contributed by atoms with E-state index in [-0.39, 0.29) is 10.3 Å². The number of thiophene rings is 1. The van der Waals surface area contributed by atoms with Gasteiger partial charge in [-0.05, 0) is 0 Å². The number of hydrogen-bond donors (Lipinski definition) is 0. The van der Waals surface area contributed by atoms with Gasteiger partial charge in [-0.3, -0.25) is 0 Å². The van der Waals surface area contributed by atoms with E-state index in [0.717, 1.165) is 0 Å². The summed E-state index contributed by atoms with van der Waals surface area (Å²) in [6.07, 6.45) is 0. The van der Waals surface area contributed by atoms with Gasteiger partial charge in [-0.15, -0.1) is 0 Å². The molecule has 2 aromatic rings. The van der Waals surface area contributed by atoms with Gasteiger partial charge in [0.25, 0.3) is 0 Å². The summed E-state index contributed by atoms with van der Waals surface area (Å²) >= 11 is -1.74. The second-order valence-corrected chi connectivity index (χ2v) is 33.7. The first kappa shape index (κ1) is 29.0. The molecule has 0 unspecified atom stereocenters. The molecule has 2 nitrogen and oxygen atoms in total. The van der Waals surface area contributed by atoms with Crippen LogP contribution in [0.3, 0.4) is 0 Å². The standard InChI is InChI=1S/C18H20BO2S.3C4H9.Sn/c1-17(2)18(3,4)21-19(20-17)15(16-11-8-12-22-16)13-14-9-6-5-7-10-14;3*1-4(2)3;/h5-12H,1-4H3;3*1-3H3;. The molecule has 0 spiro atoms. The Balaban J connectivity index is 2.60. The molecule has 0 radical (unpaired) electrons. The van der Waals surface area contributed by atoms with E-state index in [2.05, 4.69) is 138 Å². The zero-order chi connectivity index (χ0) is 26.7. The van der Waals surface area contributed by atoms with Crippen molar-refractivity contribution >= 4 is 45.9 Å². The summed E-state index contributed by atoms with van der Waals surface area (Å²) < 4.78 is 15.7. The van der Waals surface area contributed by atoms with E-state index in [1.807, 2.05) is 0 Å². The predicted octanol–water partition coefficient (Wildman–Crippen LogP) is 9.68. The van der Waals surface area contributed by atoms with Crippen molar-refractivity contribution in [2.24, 2.45) is 0 Å². The van der Waals surface area contributed by atoms with Crippen LogP contribution in [0.5, 0.6) is 0 Å². The number of rotatable bonds is 4. The molecule has 0 bridgehead atoms. The monoisotopic (exact) mass is 602 g/mol. The zero-order valence-electron chi connectivity index (χ0n) is 24.4. The van der Waals surface area contributed by atoms with Crippen molar-refractivity contribution in [2.75, 3.05) is 0 Å². The fourth-order valence-corrected chi connectivity index (χ4v) is 37.7. The normalized spacial score (nSPS) is 19.6. The van der Waals surface area contributed by atoms with Crippen molar-refractivity contribution < 1.29 is 9.31 Å². The van der Waals surface area contributed by atoms with Crippen LogP contribution in [0.25, 0.3) is 9.06 Å². The van der Waals surface area contributed by atoms with E-state index in [1.54, 1.807) is 14.9 Å². The summed E-state index contributed by atoms with van der Waals surface area (Å²) in [5.41, 5.74) is 1.80. The molecule has 1 aliphatic rings. The molecular weight excluding hydrogens is 554 g/mol. The maximum atomic E-state index is 6.85. The van der Waals surface area contributed by atoms with Gasteiger partial charge in [0.05, 0.1) is 0 Å². The van der Waals surface area contributed by atoms with E-state index in [1.165, 1.54) is 15.9 Å². The minimum absolute atomic E-state index is 0.141. The quantitative estimate of drug-likeness (QED) is 0.325. The molecule has 2 heterocycles. The van der Waals surface area contributed by atoms with Crippen molar-refractivity contribution in [2.45, 2.75) is 112 Å². The van der Waals surface area contributed by atoms with Gasteiger partial charge in [0.2, 0.25) is 0 Å². The summed E-state index contributed by atoms with van der Waals surface area (Å²) in [7, 11) is -0.406. The van der Waals surface area contributed by atoms with E-state index in [0.29, 0.717) is 0 Å². The van der Waals surface area contributed by atoms with Crippen LogP contribution in [0.15, 0.2) is 47.8 Å². The van der Waals surface area contributed by atoms with Crippen LogP contribution in [-0.2, 0) is 9.31 Å². The average molecular weight is 601 g/mol. The second kappa shape index (κ2) is 9.32. The molecule has 1 aromatic heterocycles. The first-order valence-electron chi connectivity index (χ1n) is 13.0. The molecule has 0 N–H and O–H groups in total. The molecule has 1 saturated heterocycles. The van der Waals surface area contributed by atoms with E-state index < -0.39 is 36.7 Å². The van der Waals surface area contributed by atoms with Crippen molar-refractivity contribution in [1.82, 2.24) is 0 Å². The molecule has 0 aliphatic carbocycles. The molecule has 0 atom stereocenters. The molecule has 1 fully saturated rings. The van der Waals surface area contributed by atoms with Crippen LogP contribution in [0.1, 0.15) is 100 Å². The third kappa shape index (κ3) is 4.86.